The lowest BCUT2D eigenvalue weighted by Gasteiger charge is -2.10. The highest BCUT2D eigenvalue weighted by molar-refractivity contribution is 7.92. The zero-order chi connectivity index (χ0) is 15.0. The fourth-order valence-corrected chi connectivity index (χ4v) is 3.65. The van der Waals surface area contributed by atoms with Crippen molar-refractivity contribution in [3.05, 3.63) is 52.8 Å². The van der Waals surface area contributed by atoms with Gasteiger partial charge in [0.15, 0.2) is 5.82 Å². The van der Waals surface area contributed by atoms with E-state index >= 15 is 0 Å². The Balaban J connectivity index is 1.95. The second-order valence-corrected chi connectivity index (χ2v) is 6.76. The molecule has 21 heavy (non-hydrogen) atoms. The lowest BCUT2D eigenvalue weighted by atomic mass is 10.1. The van der Waals surface area contributed by atoms with E-state index in [9.17, 15) is 12.8 Å². The highest BCUT2D eigenvalue weighted by Crippen LogP contribution is 2.28. The van der Waals surface area contributed by atoms with Crippen molar-refractivity contribution < 1.29 is 12.8 Å². The Hall–Kier alpha value is -1.79. The summed E-state index contributed by atoms with van der Waals surface area (Å²) in [5.41, 5.74) is 2.42. The van der Waals surface area contributed by atoms with Crippen LogP contribution in [0.25, 0.3) is 0 Å². The van der Waals surface area contributed by atoms with Crippen LogP contribution >= 0.6 is 11.6 Å². The average molecular weight is 327 g/mol. The number of sulfonamides is 1. The van der Waals surface area contributed by atoms with Crippen molar-refractivity contribution in [3.8, 4) is 0 Å². The van der Waals surface area contributed by atoms with Crippen LogP contribution < -0.4 is 10.0 Å². The van der Waals surface area contributed by atoms with Crippen molar-refractivity contribution >= 4 is 33.0 Å². The number of halogens is 2. The molecule has 0 bridgehead atoms. The third kappa shape index (κ3) is 2.69. The molecule has 0 atom stereocenters. The molecule has 1 aliphatic heterocycles. The molecule has 0 saturated carbocycles. The van der Waals surface area contributed by atoms with Gasteiger partial charge in [-0.1, -0.05) is 17.7 Å². The number of hydrogen-bond donors (Lipinski definition) is 2. The first kappa shape index (κ1) is 14.2. The molecule has 1 aliphatic rings. The van der Waals surface area contributed by atoms with Gasteiger partial charge in [0.05, 0.1) is 5.02 Å². The first-order chi connectivity index (χ1) is 9.97. The van der Waals surface area contributed by atoms with Gasteiger partial charge in [0, 0.05) is 17.9 Å². The highest BCUT2D eigenvalue weighted by atomic mass is 35.5. The van der Waals surface area contributed by atoms with Crippen molar-refractivity contribution in [2.45, 2.75) is 11.3 Å². The molecule has 0 unspecified atom stereocenters. The number of rotatable bonds is 3. The molecule has 2 aromatic carbocycles. The summed E-state index contributed by atoms with van der Waals surface area (Å²) in [5.74, 6) is -0.950. The van der Waals surface area contributed by atoms with Gasteiger partial charge in [0.25, 0.3) is 10.0 Å². The molecule has 0 aromatic heterocycles. The van der Waals surface area contributed by atoms with Crippen molar-refractivity contribution in [1.82, 2.24) is 0 Å². The summed E-state index contributed by atoms with van der Waals surface area (Å²) in [6, 6.07) is 9.06. The Labute approximate surface area is 127 Å². The molecule has 0 fully saturated rings. The topological polar surface area (TPSA) is 58.2 Å². The molecular formula is C14H12ClFN2O2S. The summed E-state index contributed by atoms with van der Waals surface area (Å²) in [7, 11) is -4.01. The highest BCUT2D eigenvalue weighted by Gasteiger charge is 2.21. The van der Waals surface area contributed by atoms with Crippen molar-refractivity contribution in [2.24, 2.45) is 0 Å². The lowest BCUT2D eigenvalue weighted by molar-refractivity contribution is 0.570. The largest absolute Gasteiger partial charge is 0.384 e. The van der Waals surface area contributed by atoms with E-state index in [4.69, 9.17) is 11.6 Å². The normalized spacial score (nSPS) is 13.6. The maximum Gasteiger partial charge on any atom is 0.264 e. The van der Waals surface area contributed by atoms with Gasteiger partial charge in [-0.2, -0.15) is 0 Å². The first-order valence-electron chi connectivity index (χ1n) is 6.31. The van der Waals surface area contributed by atoms with Crippen LogP contribution in [0.4, 0.5) is 15.8 Å². The maximum absolute atomic E-state index is 13.9. The van der Waals surface area contributed by atoms with Gasteiger partial charge in [-0.05, 0) is 42.3 Å². The molecule has 0 spiro atoms. The smallest absolute Gasteiger partial charge is 0.264 e. The quantitative estimate of drug-likeness (QED) is 0.910. The monoisotopic (exact) mass is 326 g/mol. The maximum atomic E-state index is 13.9. The number of hydrogen-bond acceptors (Lipinski definition) is 3. The minimum absolute atomic E-state index is 0.226. The third-order valence-corrected chi connectivity index (χ3v) is 4.96. The summed E-state index contributed by atoms with van der Waals surface area (Å²) in [4.78, 5) is -0.464. The zero-order valence-electron chi connectivity index (χ0n) is 10.9. The van der Waals surface area contributed by atoms with E-state index in [0.29, 0.717) is 5.69 Å². The second kappa shape index (κ2) is 5.20. The number of benzene rings is 2. The van der Waals surface area contributed by atoms with Crippen molar-refractivity contribution in [2.75, 3.05) is 16.6 Å². The van der Waals surface area contributed by atoms with Crippen LogP contribution in [-0.4, -0.2) is 15.0 Å². The SMILES string of the molecule is O=S(=O)(Nc1ccc2c(c1)CCN2)c1cccc(Cl)c1F. The number of anilines is 2. The van der Waals surface area contributed by atoms with E-state index in [1.165, 1.54) is 18.2 Å². The van der Waals surface area contributed by atoms with Crippen LogP contribution in [0.1, 0.15) is 5.56 Å². The molecule has 1 heterocycles. The molecule has 2 N–H and O–H groups in total. The van der Waals surface area contributed by atoms with Crippen molar-refractivity contribution in [1.29, 1.82) is 0 Å². The molecular weight excluding hydrogens is 315 g/mol. The molecule has 0 saturated heterocycles. The average Bonchev–Trinajstić information content (AvgIpc) is 2.88. The van der Waals surface area contributed by atoms with Crippen LogP contribution in [-0.2, 0) is 16.4 Å². The van der Waals surface area contributed by atoms with Crippen molar-refractivity contribution in [3.63, 3.8) is 0 Å². The Morgan fingerprint density at radius 2 is 2.05 bits per heavy atom. The Morgan fingerprint density at radius 3 is 2.86 bits per heavy atom. The van der Waals surface area contributed by atoms with Gasteiger partial charge in [0.1, 0.15) is 4.90 Å². The molecule has 110 valence electrons. The number of nitrogens with one attached hydrogen (secondary N) is 2. The van der Waals surface area contributed by atoms with E-state index in [1.54, 1.807) is 18.2 Å². The summed E-state index contributed by atoms with van der Waals surface area (Å²) in [6.07, 6.45) is 0.830. The fourth-order valence-electron chi connectivity index (χ4n) is 2.27. The van der Waals surface area contributed by atoms with Crippen LogP contribution in [0, 0.1) is 5.82 Å². The van der Waals surface area contributed by atoms with Gasteiger partial charge in [-0.3, -0.25) is 4.72 Å². The summed E-state index contributed by atoms with van der Waals surface area (Å²) < 4.78 is 40.7. The van der Waals surface area contributed by atoms with E-state index in [2.05, 4.69) is 10.0 Å². The molecule has 0 radical (unpaired) electrons. The molecule has 3 rings (SSSR count). The minimum Gasteiger partial charge on any atom is -0.384 e. The standard InChI is InChI=1S/C14H12ClFN2O2S/c15-11-2-1-3-13(14(11)16)21(19,20)18-10-4-5-12-9(8-10)6-7-17-12/h1-5,8,17-18H,6-7H2. The summed E-state index contributed by atoms with van der Waals surface area (Å²) >= 11 is 5.62. The first-order valence-corrected chi connectivity index (χ1v) is 8.17. The minimum atomic E-state index is -4.01. The Kier molecular flexibility index (Phi) is 3.51. The predicted octanol–water partition coefficient (Wildman–Crippen LogP) is 3.25. The van der Waals surface area contributed by atoms with Gasteiger partial charge < -0.3 is 5.32 Å². The molecule has 4 nitrogen and oxygen atoms in total. The predicted molar refractivity (Wildman–Crippen MR) is 80.9 cm³/mol. The van der Waals surface area contributed by atoms with Crippen LogP contribution in [0.3, 0.4) is 0 Å². The Morgan fingerprint density at radius 1 is 1.24 bits per heavy atom. The molecule has 0 aliphatic carbocycles. The summed E-state index contributed by atoms with van der Waals surface area (Å²) in [6.45, 7) is 0.828. The van der Waals surface area contributed by atoms with Gasteiger partial charge >= 0.3 is 0 Å². The zero-order valence-corrected chi connectivity index (χ0v) is 12.4. The molecule has 7 heteroatoms. The van der Waals surface area contributed by atoms with Gasteiger partial charge in [-0.25, -0.2) is 12.8 Å². The molecule has 2 aromatic rings. The van der Waals surface area contributed by atoms with Crippen LogP contribution in [0.5, 0.6) is 0 Å². The number of fused-ring (bicyclic) bond motifs is 1. The second-order valence-electron chi connectivity index (χ2n) is 4.71. The van der Waals surface area contributed by atoms with Gasteiger partial charge in [0.2, 0.25) is 0 Å². The lowest BCUT2D eigenvalue weighted by Crippen LogP contribution is -2.14. The summed E-state index contributed by atoms with van der Waals surface area (Å²) in [5, 5.41) is 2.96. The Bertz CT molecular complexity index is 809. The van der Waals surface area contributed by atoms with E-state index in [1.807, 2.05) is 0 Å². The third-order valence-electron chi connectivity index (χ3n) is 3.27. The van der Waals surface area contributed by atoms with Crippen LogP contribution in [0.15, 0.2) is 41.3 Å². The van der Waals surface area contributed by atoms with Crippen LogP contribution in [0.2, 0.25) is 5.02 Å². The van der Waals surface area contributed by atoms with E-state index in [-0.39, 0.29) is 5.02 Å². The fraction of sp³-hybridized carbons (Fsp3) is 0.143. The van der Waals surface area contributed by atoms with E-state index in [0.717, 1.165) is 24.2 Å². The van der Waals surface area contributed by atoms with Gasteiger partial charge in [-0.15, -0.1) is 0 Å². The molecule has 0 amide bonds. The van der Waals surface area contributed by atoms with E-state index < -0.39 is 20.7 Å².